The number of phenols is 1. The summed E-state index contributed by atoms with van der Waals surface area (Å²) in [7, 11) is 2.92. The zero-order chi connectivity index (χ0) is 14.3. The van der Waals surface area contributed by atoms with E-state index in [-0.39, 0.29) is 16.9 Å². The Morgan fingerprint density at radius 3 is 2.50 bits per heavy atom. The first-order chi connectivity index (χ1) is 9.65. The van der Waals surface area contributed by atoms with E-state index in [1.54, 1.807) is 18.2 Å². The molecule has 0 unspecified atom stereocenters. The first kappa shape index (κ1) is 12.3. The van der Waals surface area contributed by atoms with E-state index in [4.69, 9.17) is 13.9 Å². The Hall–Kier alpha value is -2.69. The van der Waals surface area contributed by atoms with E-state index in [2.05, 4.69) is 0 Å². The lowest BCUT2D eigenvalue weighted by Crippen LogP contribution is -2.04. The third-order valence-corrected chi connectivity index (χ3v) is 3.18. The van der Waals surface area contributed by atoms with Crippen molar-refractivity contribution < 1.29 is 19.0 Å². The lowest BCUT2D eigenvalue weighted by atomic mass is 10.1. The molecule has 5 nitrogen and oxygen atoms in total. The molecular formula is C15H12O5. The number of aromatic hydroxyl groups is 1. The molecule has 3 rings (SSSR count). The maximum atomic E-state index is 12.6. The van der Waals surface area contributed by atoms with Gasteiger partial charge >= 0.3 is 0 Å². The number of hydrogen-bond acceptors (Lipinski definition) is 5. The fraction of sp³-hybridized carbons (Fsp3) is 0.133. The van der Waals surface area contributed by atoms with Gasteiger partial charge in [0.1, 0.15) is 22.3 Å². The molecule has 0 aliphatic heterocycles. The minimum absolute atomic E-state index is 0.0783. The molecule has 0 saturated heterocycles. The third kappa shape index (κ3) is 1.67. The molecule has 2 aromatic carbocycles. The van der Waals surface area contributed by atoms with E-state index in [0.717, 1.165) is 0 Å². The molecular weight excluding hydrogens is 260 g/mol. The molecule has 5 heteroatoms. The summed E-state index contributed by atoms with van der Waals surface area (Å²) in [6.45, 7) is 0. The number of hydrogen-bond donors (Lipinski definition) is 1. The van der Waals surface area contributed by atoms with Gasteiger partial charge in [0.2, 0.25) is 5.43 Å². The van der Waals surface area contributed by atoms with Crippen LogP contribution in [0.25, 0.3) is 21.9 Å². The van der Waals surface area contributed by atoms with Gasteiger partial charge in [0.25, 0.3) is 0 Å². The van der Waals surface area contributed by atoms with Crippen LogP contribution in [-0.4, -0.2) is 19.3 Å². The van der Waals surface area contributed by atoms with Gasteiger partial charge in [-0.05, 0) is 18.2 Å². The Kier molecular flexibility index (Phi) is 2.75. The van der Waals surface area contributed by atoms with Crippen LogP contribution >= 0.6 is 0 Å². The van der Waals surface area contributed by atoms with Crippen molar-refractivity contribution in [1.29, 1.82) is 0 Å². The highest BCUT2D eigenvalue weighted by atomic mass is 16.5. The summed E-state index contributed by atoms with van der Waals surface area (Å²) in [5.74, 6) is 0.592. The van der Waals surface area contributed by atoms with Crippen molar-refractivity contribution in [3.05, 3.63) is 40.6 Å². The standard InChI is InChI=1S/C15H12O5/c1-18-10-4-3-5-11-14(10)15(17)8-6-13(19-2)9(16)7-12(8)20-11/h3-7,16H,1-2H3. The number of methoxy groups -OCH3 is 2. The van der Waals surface area contributed by atoms with E-state index in [1.165, 1.54) is 26.4 Å². The second-order valence-corrected chi connectivity index (χ2v) is 4.28. The van der Waals surface area contributed by atoms with Crippen LogP contribution in [0.5, 0.6) is 17.2 Å². The zero-order valence-electron chi connectivity index (χ0n) is 11.0. The predicted molar refractivity (Wildman–Crippen MR) is 74.8 cm³/mol. The van der Waals surface area contributed by atoms with Gasteiger partial charge in [-0.3, -0.25) is 4.79 Å². The smallest absolute Gasteiger partial charge is 0.204 e. The molecule has 0 fully saturated rings. The quantitative estimate of drug-likeness (QED) is 0.726. The summed E-state index contributed by atoms with van der Waals surface area (Å²) in [4.78, 5) is 12.6. The van der Waals surface area contributed by atoms with E-state index < -0.39 is 0 Å². The van der Waals surface area contributed by atoms with E-state index in [9.17, 15) is 9.90 Å². The SMILES string of the molecule is COc1cc2c(=O)c3c(OC)cccc3oc2cc1O. The van der Waals surface area contributed by atoms with Crippen molar-refractivity contribution in [2.45, 2.75) is 0 Å². The minimum Gasteiger partial charge on any atom is -0.504 e. The van der Waals surface area contributed by atoms with Crippen molar-refractivity contribution in [3.8, 4) is 17.2 Å². The van der Waals surface area contributed by atoms with Crippen molar-refractivity contribution in [1.82, 2.24) is 0 Å². The van der Waals surface area contributed by atoms with Gasteiger partial charge in [-0.1, -0.05) is 6.07 Å². The second kappa shape index (κ2) is 4.45. The molecule has 0 radical (unpaired) electrons. The van der Waals surface area contributed by atoms with Gasteiger partial charge < -0.3 is 19.0 Å². The normalized spacial score (nSPS) is 10.9. The first-order valence-electron chi connectivity index (χ1n) is 5.96. The zero-order valence-corrected chi connectivity index (χ0v) is 11.0. The highest BCUT2D eigenvalue weighted by Crippen LogP contribution is 2.32. The van der Waals surface area contributed by atoms with Crippen LogP contribution in [0.4, 0.5) is 0 Å². The Labute approximate surface area is 114 Å². The average Bonchev–Trinajstić information content (AvgIpc) is 2.46. The molecule has 1 aromatic heterocycles. The monoisotopic (exact) mass is 272 g/mol. The molecule has 3 aromatic rings. The summed E-state index contributed by atoms with van der Waals surface area (Å²) in [5, 5.41) is 10.5. The molecule has 20 heavy (non-hydrogen) atoms. The van der Waals surface area contributed by atoms with Crippen LogP contribution < -0.4 is 14.9 Å². The van der Waals surface area contributed by atoms with Crippen LogP contribution in [0.2, 0.25) is 0 Å². The van der Waals surface area contributed by atoms with Crippen molar-refractivity contribution >= 4 is 21.9 Å². The molecule has 0 bridgehead atoms. The first-order valence-corrected chi connectivity index (χ1v) is 5.96. The molecule has 0 aliphatic carbocycles. The van der Waals surface area contributed by atoms with Crippen molar-refractivity contribution in [2.75, 3.05) is 14.2 Å². The number of rotatable bonds is 2. The second-order valence-electron chi connectivity index (χ2n) is 4.28. The van der Waals surface area contributed by atoms with Crippen LogP contribution in [0.3, 0.4) is 0 Å². The van der Waals surface area contributed by atoms with E-state index in [1.807, 2.05) is 0 Å². The van der Waals surface area contributed by atoms with Gasteiger partial charge in [0, 0.05) is 6.07 Å². The maximum Gasteiger partial charge on any atom is 0.204 e. The highest BCUT2D eigenvalue weighted by Gasteiger charge is 2.14. The number of benzene rings is 2. The predicted octanol–water partition coefficient (Wildman–Crippen LogP) is 2.67. The maximum absolute atomic E-state index is 12.6. The number of phenolic OH excluding ortho intramolecular Hbond substituents is 1. The fourth-order valence-corrected chi connectivity index (χ4v) is 2.22. The van der Waals surface area contributed by atoms with Crippen molar-refractivity contribution in [3.63, 3.8) is 0 Å². The Morgan fingerprint density at radius 1 is 1.05 bits per heavy atom. The van der Waals surface area contributed by atoms with Gasteiger partial charge in [0.15, 0.2) is 11.5 Å². The molecule has 1 heterocycles. The largest absolute Gasteiger partial charge is 0.504 e. The molecule has 0 spiro atoms. The lowest BCUT2D eigenvalue weighted by molar-refractivity contribution is 0.374. The average molecular weight is 272 g/mol. The lowest BCUT2D eigenvalue weighted by Gasteiger charge is -2.08. The third-order valence-electron chi connectivity index (χ3n) is 3.18. The highest BCUT2D eigenvalue weighted by molar-refractivity contribution is 5.94. The molecule has 0 saturated carbocycles. The summed E-state index contributed by atoms with van der Waals surface area (Å²) in [6.07, 6.45) is 0. The van der Waals surface area contributed by atoms with Crippen LogP contribution in [-0.2, 0) is 0 Å². The van der Waals surface area contributed by atoms with Crippen molar-refractivity contribution in [2.24, 2.45) is 0 Å². The van der Waals surface area contributed by atoms with E-state index >= 15 is 0 Å². The fourth-order valence-electron chi connectivity index (χ4n) is 2.22. The summed E-state index contributed by atoms with van der Waals surface area (Å²) in [5.41, 5.74) is 0.484. The topological polar surface area (TPSA) is 68.9 Å². The van der Waals surface area contributed by atoms with Gasteiger partial charge in [-0.25, -0.2) is 0 Å². The number of ether oxygens (including phenoxy) is 2. The summed E-state index contributed by atoms with van der Waals surface area (Å²) >= 11 is 0. The van der Waals surface area contributed by atoms with Gasteiger partial charge in [-0.15, -0.1) is 0 Å². The van der Waals surface area contributed by atoms with Crippen LogP contribution in [0, 0.1) is 0 Å². The van der Waals surface area contributed by atoms with E-state index in [0.29, 0.717) is 27.7 Å². The molecule has 1 N–H and O–H groups in total. The molecule has 102 valence electrons. The Morgan fingerprint density at radius 2 is 1.80 bits per heavy atom. The summed E-state index contributed by atoms with van der Waals surface area (Å²) < 4.78 is 15.9. The molecule has 0 atom stereocenters. The van der Waals surface area contributed by atoms with Gasteiger partial charge in [0.05, 0.1) is 19.6 Å². The molecule has 0 aliphatic rings. The van der Waals surface area contributed by atoms with Crippen LogP contribution in [0.1, 0.15) is 0 Å². The minimum atomic E-state index is -0.225. The Balaban J connectivity index is 2.52. The summed E-state index contributed by atoms with van der Waals surface area (Å²) in [6, 6.07) is 7.94. The Bertz CT molecular complexity index is 863. The van der Waals surface area contributed by atoms with Gasteiger partial charge in [-0.2, -0.15) is 0 Å². The van der Waals surface area contributed by atoms with Crippen LogP contribution in [0.15, 0.2) is 39.5 Å². The number of fused-ring (bicyclic) bond motifs is 2. The molecule has 0 amide bonds.